The minimum Gasteiger partial charge on any atom is -0.382 e. The van der Waals surface area contributed by atoms with Crippen molar-refractivity contribution in [2.75, 3.05) is 19.8 Å². The van der Waals surface area contributed by atoms with Crippen LogP contribution in [0.25, 0.3) is 0 Å². The summed E-state index contributed by atoms with van der Waals surface area (Å²) in [6, 6.07) is 0. The molecule has 0 radical (unpaired) electrons. The number of hydrogen-bond acceptors (Lipinski definition) is 3. The summed E-state index contributed by atoms with van der Waals surface area (Å²) >= 11 is 0. The van der Waals surface area contributed by atoms with E-state index in [-0.39, 0.29) is 5.41 Å². The zero-order chi connectivity index (χ0) is 13.6. The zero-order valence-electron chi connectivity index (χ0n) is 12.4. The van der Waals surface area contributed by atoms with E-state index in [4.69, 9.17) is 4.74 Å². The summed E-state index contributed by atoms with van der Waals surface area (Å²) in [4.78, 5) is 0. The molecule has 0 aliphatic carbocycles. The van der Waals surface area contributed by atoms with Gasteiger partial charge in [-0.05, 0) is 19.9 Å². The molecule has 0 saturated heterocycles. The lowest BCUT2D eigenvalue weighted by Gasteiger charge is -2.17. The molecule has 0 spiro atoms. The van der Waals surface area contributed by atoms with Gasteiger partial charge in [0.25, 0.3) is 0 Å². The molecule has 0 atom stereocenters. The molecule has 4 nitrogen and oxygen atoms in total. The molecule has 4 heteroatoms. The normalized spacial score (nSPS) is 12.1. The Kier molecular flexibility index (Phi) is 5.82. The molecule has 0 aromatic carbocycles. The van der Waals surface area contributed by atoms with E-state index in [1.807, 2.05) is 18.7 Å². The Morgan fingerprint density at radius 1 is 1.39 bits per heavy atom. The summed E-state index contributed by atoms with van der Waals surface area (Å²) in [6.07, 6.45) is 3.16. The monoisotopic (exact) mass is 253 g/mol. The molecule has 0 bridgehead atoms. The second kappa shape index (κ2) is 6.90. The van der Waals surface area contributed by atoms with Crippen molar-refractivity contribution in [3.63, 3.8) is 0 Å². The predicted octanol–water partition coefficient (Wildman–Crippen LogP) is 2.23. The molecule has 0 saturated carbocycles. The zero-order valence-corrected chi connectivity index (χ0v) is 12.4. The lowest BCUT2D eigenvalue weighted by molar-refractivity contribution is 0.144. The number of ether oxygens (including phenoxy) is 1. The van der Waals surface area contributed by atoms with E-state index in [9.17, 15) is 0 Å². The Bertz CT molecular complexity index is 352. The van der Waals surface area contributed by atoms with Gasteiger partial charge in [-0.25, -0.2) is 0 Å². The first-order valence-electron chi connectivity index (χ1n) is 6.76. The maximum absolute atomic E-state index is 5.31. The Hall–Kier alpha value is -0.870. The third kappa shape index (κ3) is 4.78. The largest absolute Gasteiger partial charge is 0.382 e. The lowest BCUT2D eigenvalue weighted by atomic mass is 9.89. The van der Waals surface area contributed by atoms with Crippen LogP contribution in [0.4, 0.5) is 0 Å². The molecule has 0 aliphatic rings. The van der Waals surface area contributed by atoms with E-state index >= 15 is 0 Å². The predicted molar refractivity (Wildman–Crippen MR) is 74.7 cm³/mol. The quantitative estimate of drug-likeness (QED) is 0.757. The first kappa shape index (κ1) is 15.2. The summed E-state index contributed by atoms with van der Waals surface area (Å²) < 4.78 is 7.21. The van der Waals surface area contributed by atoms with Crippen LogP contribution in [-0.4, -0.2) is 29.5 Å². The van der Waals surface area contributed by atoms with E-state index in [0.717, 1.165) is 32.7 Å². The van der Waals surface area contributed by atoms with Crippen LogP contribution in [-0.2, 0) is 23.7 Å². The van der Waals surface area contributed by atoms with Crippen molar-refractivity contribution < 1.29 is 4.74 Å². The topological polar surface area (TPSA) is 39.1 Å². The Morgan fingerprint density at radius 3 is 2.72 bits per heavy atom. The molecular weight excluding hydrogens is 226 g/mol. The molecule has 1 aromatic rings. The molecule has 1 rings (SSSR count). The lowest BCUT2D eigenvalue weighted by Crippen LogP contribution is -2.20. The molecule has 1 aromatic heterocycles. The summed E-state index contributed by atoms with van der Waals surface area (Å²) in [5, 5.41) is 8.02. The molecule has 18 heavy (non-hydrogen) atoms. The van der Waals surface area contributed by atoms with Gasteiger partial charge in [-0.3, -0.25) is 4.68 Å². The van der Waals surface area contributed by atoms with Crippen LogP contribution in [0.5, 0.6) is 0 Å². The van der Waals surface area contributed by atoms with Gasteiger partial charge in [0.1, 0.15) is 0 Å². The van der Waals surface area contributed by atoms with Crippen LogP contribution in [0.15, 0.2) is 6.20 Å². The molecule has 1 heterocycles. The smallest absolute Gasteiger partial charge is 0.0722 e. The average Bonchev–Trinajstić information content (AvgIpc) is 2.64. The number of aryl methyl sites for hydroxylation is 1. The van der Waals surface area contributed by atoms with Crippen LogP contribution in [0.1, 0.15) is 45.4 Å². The number of rotatable bonds is 7. The summed E-state index contributed by atoms with van der Waals surface area (Å²) in [5.74, 6) is 0. The van der Waals surface area contributed by atoms with Gasteiger partial charge in [0.15, 0.2) is 0 Å². The third-order valence-electron chi connectivity index (χ3n) is 2.78. The van der Waals surface area contributed by atoms with Crippen LogP contribution in [0.3, 0.4) is 0 Å². The van der Waals surface area contributed by atoms with E-state index < -0.39 is 0 Å². The van der Waals surface area contributed by atoms with Crippen LogP contribution >= 0.6 is 0 Å². The highest BCUT2D eigenvalue weighted by Gasteiger charge is 2.21. The van der Waals surface area contributed by atoms with Crippen molar-refractivity contribution in [1.29, 1.82) is 0 Å². The first-order valence-corrected chi connectivity index (χ1v) is 6.76. The fourth-order valence-corrected chi connectivity index (χ4v) is 1.97. The van der Waals surface area contributed by atoms with Crippen molar-refractivity contribution in [1.82, 2.24) is 15.1 Å². The number of hydrogen-bond donors (Lipinski definition) is 1. The van der Waals surface area contributed by atoms with Crippen molar-refractivity contribution in [3.05, 3.63) is 17.5 Å². The van der Waals surface area contributed by atoms with Crippen LogP contribution in [0, 0.1) is 0 Å². The van der Waals surface area contributed by atoms with E-state index in [2.05, 4.69) is 37.4 Å². The molecule has 1 N–H and O–H groups in total. The summed E-state index contributed by atoms with van der Waals surface area (Å²) in [6.45, 7) is 12.1. The van der Waals surface area contributed by atoms with Crippen LogP contribution < -0.4 is 5.32 Å². The fraction of sp³-hybridized carbons (Fsp3) is 0.786. The van der Waals surface area contributed by atoms with Crippen LogP contribution in [0.2, 0.25) is 0 Å². The highest BCUT2D eigenvalue weighted by Crippen LogP contribution is 2.23. The minimum absolute atomic E-state index is 0.101. The second-order valence-electron chi connectivity index (χ2n) is 5.65. The van der Waals surface area contributed by atoms with Gasteiger partial charge in [-0.2, -0.15) is 5.10 Å². The Labute approximate surface area is 111 Å². The molecule has 0 fully saturated rings. The standard InChI is InChI=1S/C14H27N3O/c1-6-18-9-7-8-15-10-12-11-17(5)16-13(12)14(2,3)4/h11,15H,6-10H2,1-5H3. The average molecular weight is 253 g/mol. The van der Waals surface area contributed by atoms with Gasteiger partial charge in [-0.1, -0.05) is 20.8 Å². The highest BCUT2D eigenvalue weighted by atomic mass is 16.5. The molecule has 0 amide bonds. The minimum atomic E-state index is 0.101. The van der Waals surface area contributed by atoms with E-state index in [0.29, 0.717) is 0 Å². The maximum atomic E-state index is 5.31. The fourth-order valence-electron chi connectivity index (χ4n) is 1.97. The van der Waals surface area contributed by atoms with Gasteiger partial charge in [-0.15, -0.1) is 0 Å². The van der Waals surface area contributed by atoms with Gasteiger partial charge in [0.05, 0.1) is 5.69 Å². The van der Waals surface area contributed by atoms with E-state index in [1.165, 1.54) is 11.3 Å². The molecule has 0 aliphatic heterocycles. The van der Waals surface area contributed by atoms with Gasteiger partial charge < -0.3 is 10.1 Å². The summed E-state index contributed by atoms with van der Waals surface area (Å²) in [5.41, 5.74) is 2.58. The molecule has 104 valence electrons. The third-order valence-corrected chi connectivity index (χ3v) is 2.78. The van der Waals surface area contributed by atoms with E-state index in [1.54, 1.807) is 0 Å². The second-order valence-corrected chi connectivity index (χ2v) is 5.65. The Morgan fingerprint density at radius 2 is 2.11 bits per heavy atom. The van der Waals surface area contributed by atoms with Gasteiger partial charge >= 0.3 is 0 Å². The van der Waals surface area contributed by atoms with Crippen molar-refractivity contribution >= 4 is 0 Å². The number of aromatic nitrogens is 2. The van der Waals surface area contributed by atoms with Crippen molar-refractivity contribution in [2.24, 2.45) is 7.05 Å². The molecule has 0 unspecified atom stereocenters. The SMILES string of the molecule is CCOCCCNCc1cn(C)nc1C(C)(C)C. The Balaban J connectivity index is 2.42. The summed E-state index contributed by atoms with van der Waals surface area (Å²) in [7, 11) is 1.98. The highest BCUT2D eigenvalue weighted by molar-refractivity contribution is 5.23. The van der Waals surface area contributed by atoms with Gasteiger partial charge in [0, 0.05) is 44.0 Å². The number of nitrogens with one attached hydrogen (secondary N) is 1. The van der Waals surface area contributed by atoms with Crippen molar-refractivity contribution in [3.8, 4) is 0 Å². The molecular formula is C14H27N3O. The van der Waals surface area contributed by atoms with Crippen molar-refractivity contribution in [2.45, 2.75) is 46.1 Å². The maximum Gasteiger partial charge on any atom is 0.0722 e. The van der Waals surface area contributed by atoms with Gasteiger partial charge in [0.2, 0.25) is 0 Å². The number of nitrogens with zero attached hydrogens (tertiary/aromatic N) is 2. The first-order chi connectivity index (χ1) is 8.45.